The van der Waals surface area contributed by atoms with Gasteiger partial charge in [-0.25, -0.2) is 9.97 Å². The third-order valence-electron chi connectivity index (χ3n) is 10.2. The minimum atomic E-state index is -4.27. The topological polar surface area (TPSA) is 102 Å². The highest BCUT2D eigenvalue weighted by atomic mass is 32.1. The number of aromatic nitrogens is 3. The van der Waals surface area contributed by atoms with Crippen LogP contribution in [0.3, 0.4) is 0 Å². The number of amides is 1. The van der Waals surface area contributed by atoms with Gasteiger partial charge >= 0.3 is 6.18 Å². The molecule has 2 aliphatic rings. The number of carbonyl (C=O) groups is 1. The van der Waals surface area contributed by atoms with E-state index in [1.807, 2.05) is 13.0 Å². The fourth-order valence-electron chi connectivity index (χ4n) is 7.34. The second kappa shape index (κ2) is 15.1. The molecule has 6 rings (SSSR count). The summed E-state index contributed by atoms with van der Waals surface area (Å²) in [6.07, 6.45) is 0.258. The molecule has 4 aromatic rings. The summed E-state index contributed by atoms with van der Waals surface area (Å²) >= 11 is 1.09. The van der Waals surface area contributed by atoms with Crippen molar-refractivity contribution < 1.29 is 18.0 Å². The van der Waals surface area contributed by atoms with Crippen LogP contribution in [0, 0.1) is 18.3 Å². The van der Waals surface area contributed by atoms with Gasteiger partial charge in [0.1, 0.15) is 28.2 Å². The zero-order chi connectivity index (χ0) is 35.6. The molecule has 2 fully saturated rings. The van der Waals surface area contributed by atoms with Crippen molar-refractivity contribution in [2.45, 2.75) is 96.7 Å². The van der Waals surface area contributed by atoms with Crippen LogP contribution in [0.15, 0.2) is 36.9 Å². The van der Waals surface area contributed by atoms with E-state index in [4.69, 9.17) is 0 Å². The second-order valence-corrected chi connectivity index (χ2v) is 14.8. The van der Waals surface area contributed by atoms with Crippen molar-refractivity contribution in [2.24, 2.45) is 0 Å². The summed E-state index contributed by atoms with van der Waals surface area (Å²) in [5, 5.41) is 18.4. The van der Waals surface area contributed by atoms with E-state index in [0.717, 1.165) is 80.6 Å². The monoisotopic (exact) mass is 706 g/mol. The average Bonchev–Trinajstić information content (AvgIpc) is 3.66. The Balaban J connectivity index is 1.08. The molecule has 266 valence electrons. The number of piperidine rings is 2. The Labute approximate surface area is 295 Å². The van der Waals surface area contributed by atoms with Gasteiger partial charge in [-0.05, 0) is 74.9 Å². The van der Waals surface area contributed by atoms with E-state index in [-0.39, 0.29) is 28.9 Å². The maximum absolute atomic E-state index is 13.1. The number of aryl methyl sites for hydroxylation is 2. The van der Waals surface area contributed by atoms with Gasteiger partial charge in [-0.1, -0.05) is 19.6 Å². The largest absolute Gasteiger partial charge is 0.393 e. The van der Waals surface area contributed by atoms with E-state index >= 15 is 0 Å². The zero-order valence-corrected chi connectivity index (χ0v) is 29.8. The Hall–Kier alpha value is -3.99. The van der Waals surface area contributed by atoms with Gasteiger partial charge < -0.3 is 15.2 Å². The molecule has 9 nitrogen and oxygen atoms in total. The number of nitrogens with zero attached hydrogens (tertiary/aromatic N) is 6. The Kier molecular flexibility index (Phi) is 10.8. The van der Waals surface area contributed by atoms with Gasteiger partial charge in [-0.2, -0.15) is 18.4 Å². The highest BCUT2D eigenvalue weighted by Gasteiger charge is 2.30. The van der Waals surface area contributed by atoms with Gasteiger partial charge in [0.25, 0.3) is 0 Å². The van der Waals surface area contributed by atoms with Crippen molar-refractivity contribution >= 4 is 44.2 Å². The predicted molar refractivity (Wildman–Crippen MR) is 192 cm³/mol. The van der Waals surface area contributed by atoms with Crippen molar-refractivity contribution in [3.05, 3.63) is 64.4 Å². The first kappa shape index (κ1) is 35.8. The van der Waals surface area contributed by atoms with Gasteiger partial charge in [0, 0.05) is 79.6 Å². The molecule has 50 heavy (non-hydrogen) atoms. The summed E-state index contributed by atoms with van der Waals surface area (Å²) in [7, 11) is 0. The van der Waals surface area contributed by atoms with Crippen LogP contribution in [0.5, 0.6) is 0 Å². The number of hydrogen-bond donors (Lipinski definition) is 2. The Morgan fingerprint density at radius 3 is 2.50 bits per heavy atom. The zero-order valence-electron chi connectivity index (χ0n) is 28.9. The van der Waals surface area contributed by atoms with E-state index in [2.05, 4.69) is 73.6 Å². The average molecular weight is 707 g/mol. The summed E-state index contributed by atoms with van der Waals surface area (Å²) in [6, 6.07) is 10.9. The van der Waals surface area contributed by atoms with Crippen molar-refractivity contribution in [1.82, 2.24) is 29.7 Å². The lowest BCUT2D eigenvalue weighted by Gasteiger charge is -2.36. The lowest BCUT2D eigenvalue weighted by molar-refractivity contribution is -0.126. The highest BCUT2D eigenvalue weighted by molar-refractivity contribution is 7.18. The highest BCUT2D eigenvalue weighted by Crippen LogP contribution is 2.34. The first-order chi connectivity index (χ1) is 23.9. The van der Waals surface area contributed by atoms with Crippen LogP contribution >= 0.6 is 11.3 Å². The molecule has 5 heterocycles. The summed E-state index contributed by atoms with van der Waals surface area (Å²) in [5.74, 6) is 1.13. The third kappa shape index (κ3) is 8.14. The molecule has 0 unspecified atom stereocenters. The molecule has 0 bridgehead atoms. The van der Waals surface area contributed by atoms with Crippen LogP contribution in [-0.4, -0.2) is 80.7 Å². The molecular weight excluding hydrogens is 662 g/mol. The third-order valence-corrected chi connectivity index (χ3v) is 11.2. The number of anilines is 1. The molecule has 1 atom stereocenters. The SMILES string of the molecule is C=CC(=O)NC1CCN([C@@H](C)Cn2c(C#N)cc3c(C)c(CN4CCC(Nc5nc(CC)nc6sc(CC(F)(F)F)cc56)CC4)ccc32)CC1. The first-order valence-electron chi connectivity index (χ1n) is 17.5. The number of hydrogen-bond acceptors (Lipinski definition) is 8. The van der Waals surface area contributed by atoms with E-state index < -0.39 is 12.6 Å². The Bertz CT molecular complexity index is 1890. The van der Waals surface area contributed by atoms with Gasteiger partial charge in [0.05, 0.1) is 11.8 Å². The van der Waals surface area contributed by atoms with E-state index in [1.54, 1.807) is 6.07 Å². The van der Waals surface area contributed by atoms with Gasteiger partial charge in [-0.15, -0.1) is 11.3 Å². The Morgan fingerprint density at radius 1 is 1.12 bits per heavy atom. The summed E-state index contributed by atoms with van der Waals surface area (Å²) < 4.78 is 41.4. The number of thiophene rings is 1. The number of nitrogens with one attached hydrogen (secondary N) is 2. The quantitative estimate of drug-likeness (QED) is 0.167. The molecule has 13 heteroatoms. The van der Waals surface area contributed by atoms with Crippen LogP contribution in [0.25, 0.3) is 21.1 Å². The molecule has 1 aromatic carbocycles. The summed E-state index contributed by atoms with van der Waals surface area (Å²) in [5.41, 5.74) is 4.16. The Morgan fingerprint density at radius 2 is 1.84 bits per heavy atom. The van der Waals surface area contributed by atoms with Crippen molar-refractivity contribution in [3.63, 3.8) is 0 Å². The van der Waals surface area contributed by atoms with Crippen LogP contribution < -0.4 is 10.6 Å². The standard InChI is InChI=1S/C37H45F3N8OS/c1-5-33-44-35(31-18-29(19-37(38,39)40)50-36(31)45-33)43-27-9-13-46(14-10-27)22-25-7-8-32-30(24(25)4)17-28(20-41)48(32)21-23(3)47-15-11-26(12-16-47)42-34(49)6-2/h6-8,17-18,23,26-27H,2,5,9-16,19,21-22H2,1,3-4H3,(H,42,49)(H,43,44,45)/t23-/m0/s1. The summed E-state index contributed by atoms with van der Waals surface area (Å²) in [4.78, 5) is 26.6. The van der Waals surface area contributed by atoms with Gasteiger partial charge in [0.15, 0.2) is 0 Å². The van der Waals surface area contributed by atoms with Crippen molar-refractivity contribution in [1.29, 1.82) is 5.26 Å². The second-order valence-electron chi connectivity index (χ2n) is 13.7. The fourth-order valence-corrected chi connectivity index (χ4v) is 8.42. The minimum Gasteiger partial charge on any atom is -0.367 e. The molecule has 0 saturated carbocycles. The molecule has 0 spiro atoms. The number of fused-ring (bicyclic) bond motifs is 2. The molecule has 0 aliphatic carbocycles. The number of halogens is 3. The molecule has 2 N–H and O–H groups in total. The number of benzene rings is 1. The van der Waals surface area contributed by atoms with Gasteiger partial charge in [-0.3, -0.25) is 14.6 Å². The predicted octanol–water partition coefficient (Wildman–Crippen LogP) is 6.72. The molecule has 0 radical (unpaired) electrons. The normalized spacial score (nSPS) is 17.6. The molecule has 2 aliphatic heterocycles. The maximum Gasteiger partial charge on any atom is 0.393 e. The molecule has 2 saturated heterocycles. The van der Waals surface area contributed by atoms with E-state index in [0.29, 0.717) is 40.5 Å². The lowest BCUT2D eigenvalue weighted by atomic mass is 10.0. The fraction of sp³-hybridized carbons (Fsp3) is 0.514. The van der Waals surface area contributed by atoms with E-state index in [1.165, 1.54) is 17.2 Å². The lowest BCUT2D eigenvalue weighted by Crippen LogP contribution is -2.48. The molecule has 1 amide bonds. The first-order valence-corrected chi connectivity index (χ1v) is 18.3. The molecular formula is C37H45F3N8OS. The number of alkyl halides is 3. The summed E-state index contributed by atoms with van der Waals surface area (Å²) in [6.45, 7) is 14.9. The number of nitriles is 1. The van der Waals surface area contributed by atoms with Crippen LogP contribution in [0.2, 0.25) is 0 Å². The van der Waals surface area contributed by atoms with Crippen molar-refractivity contribution in [3.8, 4) is 6.07 Å². The number of likely N-dealkylation sites (tertiary alicyclic amines) is 2. The van der Waals surface area contributed by atoms with E-state index in [9.17, 15) is 23.2 Å². The van der Waals surface area contributed by atoms with Gasteiger partial charge in [0.2, 0.25) is 5.91 Å². The minimum absolute atomic E-state index is 0.125. The smallest absolute Gasteiger partial charge is 0.367 e. The van der Waals surface area contributed by atoms with Crippen molar-refractivity contribution in [2.75, 3.05) is 31.5 Å². The number of rotatable bonds is 11. The molecule has 3 aromatic heterocycles. The number of carbonyl (C=O) groups excluding carboxylic acids is 1. The van der Waals surface area contributed by atoms with Crippen LogP contribution in [0.1, 0.15) is 67.1 Å². The van der Waals surface area contributed by atoms with Crippen LogP contribution in [0.4, 0.5) is 19.0 Å². The van der Waals surface area contributed by atoms with Crippen LogP contribution in [-0.2, 0) is 30.7 Å². The maximum atomic E-state index is 13.1.